The molecule has 0 aliphatic rings. The number of aromatic nitrogens is 2. The molecule has 1 N–H and O–H groups in total. The monoisotopic (exact) mass is 179 g/mol. The number of nitriles is 1. The number of aryl methyl sites for hydroxylation is 1. The van der Waals surface area contributed by atoms with Gasteiger partial charge in [-0.05, 0) is 6.42 Å². The Balaban J connectivity index is 2.78. The van der Waals surface area contributed by atoms with Gasteiger partial charge in [-0.1, -0.05) is 6.92 Å². The van der Waals surface area contributed by atoms with Crippen LogP contribution in [0.2, 0.25) is 0 Å². The molecule has 0 aromatic carbocycles. The van der Waals surface area contributed by atoms with E-state index in [0.29, 0.717) is 12.1 Å². The van der Waals surface area contributed by atoms with Crippen molar-refractivity contribution in [1.29, 1.82) is 5.26 Å². The molecule has 2 unspecified atom stereocenters. The minimum absolute atomic E-state index is 0.366. The molecule has 1 aromatic heterocycles. The number of aliphatic hydroxyl groups is 1. The van der Waals surface area contributed by atoms with E-state index in [4.69, 9.17) is 5.26 Å². The normalized spacial score (nSPS) is 14.9. The average Bonchev–Trinajstić information content (AvgIpc) is 2.54. The summed E-state index contributed by atoms with van der Waals surface area (Å²) >= 11 is 0. The highest BCUT2D eigenvalue weighted by Gasteiger charge is 2.20. The Morgan fingerprint density at radius 2 is 2.46 bits per heavy atom. The van der Waals surface area contributed by atoms with E-state index in [-0.39, 0.29) is 5.92 Å². The molecule has 13 heavy (non-hydrogen) atoms. The summed E-state index contributed by atoms with van der Waals surface area (Å²) in [6, 6.07) is 2.06. The fraction of sp³-hybridized carbons (Fsp3) is 0.556. The van der Waals surface area contributed by atoms with E-state index in [9.17, 15) is 5.11 Å². The second-order valence-corrected chi connectivity index (χ2v) is 3.05. The molecule has 0 saturated carbocycles. The van der Waals surface area contributed by atoms with Gasteiger partial charge >= 0.3 is 0 Å². The van der Waals surface area contributed by atoms with Gasteiger partial charge in [-0.3, -0.25) is 0 Å². The zero-order valence-electron chi connectivity index (χ0n) is 7.81. The van der Waals surface area contributed by atoms with Crippen LogP contribution in [0.25, 0.3) is 0 Å². The summed E-state index contributed by atoms with van der Waals surface area (Å²) in [6.45, 7) is 1.88. The first kappa shape index (κ1) is 9.75. The fourth-order valence-corrected chi connectivity index (χ4v) is 1.18. The molecule has 0 aliphatic heterocycles. The Morgan fingerprint density at radius 1 is 1.77 bits per heavy atom. The maximum Gasteiger partial charge on any atom is 0.113 e. The average molecular weight is 179 g/mol. The van der Waals surface area contributed by atoms with Crippen LogP contribution < -0.4 is 0 Å². The quantitative estimate of drug-likeness (QED) is 0.753. The van der Waals surface area contributed by atoms with Crippen molar-refractivity contribution in [3.8, 4) is 6.07 Å². The van der Waals surface area contributed by atoms with Crippen molar-refractivity contribution in [1.82, 2.24) is 9.55 Å². The Kier molecular flexibility index (Phi) is 3.04. The van der Waals surface area contributed by atoms with Gasteiger partial charge in [0.15, 0.2) is 0 Å². The van der Waals surface area contributed by atoms with Gasteiger partial charge in [-0.15, -0.1) is 0 Å². The van der Waals surface area contributed by atoms with Crippen LogP contribution in [0, 0.1) is 17.2 Å². The van der Waals surface area contributed by atoms with Gasteiger partial charge in [0.05, 0.1) is 24.0 Å². The van der Waals surface area contributed by atoms with Crippen LogP contribution in [0.4, 0.5) is 0 Å². The molecule has 0 amide bonds. The summed E-state index contributed by atoms with van der Waals surface area (Å²) in [5.74, 6) is -0.366. The van der Waals surface area contributed by atoms with E-state index in [0.717, 1.165) is 0 Å². The van der Waals surface area contributed by atoms with Crippen LogP contribution in [-0.4, -0.2) is 14.7 Å². The number of rotatable bonds is 3. The molecule has 4 heteroatoms. The highest BCUT2D eigenvalue weighted by atomic mass is 16.3. The van der Waals surface area contributed by atoms with Crippen LogP contribution in [0.5, 0.6) is 0 Å². The highest BCUT2D eigenvalue weighted by Crippen LogP contribution is 2.21. The van der Waals surface area contributed by atoms with Gasteiger partial charge in [-0.2, -0.15) is 5.26 Å². The highest BCUT2D eigenvalue weighted by molar-refractivity contribution is 5.06. The summed E-state index contributed by atoms with van der Waals surface area (Å²) in [6.07, 6.45) is 3.21. The zero-order valence-corrected chi connectivity index (χ0v) is 7.81. The molecule has 1 rings (SSSR count). The van der Waals surface area contributed by atoms with Crippen LogP contribution in [-0.2, 0) is 7.05 Å². The van der Waals surface area contributed by atoms with E-state index < -0.39 is 6.10 Å². The number of imidazole rings is 1. The topological polar surface area (TPSA) is 61.8 Å². The summed E-state index contributed by atoms with van der Waals surface area (Å²) < 4.78 is 1.75. The predicted molar refractivity (Wildman–Crippen MR) is 47.6 cm³/mol. The third-order valence-corrected chi connectivity index (χ3v) is 2.01. The number of aliphatic hydroxyl groups excluding tert-OH is 1. The van der Waals surface area contributed by atoms with Crippen molar-refractivity contribution < 1.29 is 5.11 Å². The lowest BCUT2D eigenvalue weighted by Gasteiger charge is -2.11. The summed E-state index contributed by atoms with van der Waals surface area (Å²) in [4.78, 5) is 3.99. The minimum atomic E-state index is -0.767. The maximum atomic E-state index is 9.70. The van der Waals surface area contributed by atoms with Crippen molar-refractivity contribution in [2.45, 2.75) is 19.4 Å². The lowest BCUT2D eigenvalue weighted by Crippen LogP contribution is -2.10. The number of hydrogen-bond donors (Lipinski definition) is 1. The smallest absolute Gasteiger partial charge is 0.113 e. The molecule has 1 aromatic rings. The van der Waals surface area contributed by atoms with Crippen LogP contribution in [0.1, 0.15) is 25.1 Å². The van der Waals surface area contributed by atoms with Gasteiger partial charge in [0.2, 0.25) is 0 Å². The summed E-state index contributed by atoms with van der Waals surface area (Å²) in [7, 11) is 1.83. The molecule has 0 spiro atoms. The number of nitrogens with zero attached hydrogens (tertiary/aromatic N) is 3. The molecule has 0 aliphatic carbocycles. The first-order chi connectivity index (χ1) is 6.19. The van der Waals surface area contributed by atoms with Gasteiger partial charge in [0, 0.05) is 13.2 Å². The van der Waals surface area contributed by atoms with Crippen LogP contribution >= 0.6 is 0 Å². The van der Waals surface area contributed by atoms with Gasteiger partial charge in [0.25, 0.3) is 0 Å². The zero-order chi connectivity index (χ0) is 9.84. The Hall–Kier alpha value is -1.34. The molecular weight excluding hydrogens is 166 g/mol. The molecule has 1 heterocycles. The largest absolute Gasteiger partial charge is 0.385 e. The third-order valence-electron chi connectivity index (χ3n) is 2.01. The lowest BCUT2D eigenvalue weighted by atomic mass is 9.99. The van der Waals surface area contributed by atoms with Gasteiger partial charge in [-0.25, -0.2) is 4.98 Å². The van der Waals surface area contributed by atoms with Crippen molar-refractivity contribution in [3.63, 3.8) is 0 Å². The van der Waals surface area contributed by atoms with Gasteiger partial charge < -0.3 is 9.67 Å². The van der Waals surface area contributed by atoms with E-state index in [1.807, 2.05) is 14.0 Å². The van der Waals surface area contributed by atoms with Crippen molar-refractivity contribution in [2.24, 2.45) is 13.0 Å². The summed E-state index contributed by atoms with van der Waals surface area (Å²) in [5.41, 5.74) is 0.566. The van der Waals surface area contributed by atoms with E-state index in [2.05, 4.69) is 11.1 Å². The Labute approximate surface area is 77.4 Å². The predicted octanol–water partition coefficient (Wildman–Crippen LogP) is 1.00. The number of hydrogen-bond acceptors (Lipinski definition) is 3. The maximum absolute atomic E-state index is 9.70. The molecule has 0 saturated heterocycles. The van der Waals surface area contributed by atoms with Gasteiger partial charge in [0.1, 0.15) is 6.10 Å². The Bertz CT molecular complexity index is 313. The fourth-order valence-electron chi connectivity index (χ4n) is 1.18. The minimum Gasteiger partial charge on any atom is -0.385 e. The molecule has 4 nitrogen and oxygen atoms in total. The van der Waals surface area contributed by atoms with Crippen molar-refractivity contribution in [2.75, 3.05) is 0 Å². The van der Waals surface area contributed by atoms with Crippen LogP contribution in [0.15, 0.2) is 12.5 Å². The second-order valence-electron chi connectivity index (χ2n) is 3.05. The van der Waals surface area contributed by atoms with E-state index >= 15 is 0 Å². The lowest BCUT2D eigenvalue weighted by molar-refractivity contribution is 0.128. The molecule has 0 bridgehead atoms. The molecule has 2 atom stereocenters. The van der Waals surface area contributed by atoms with Crippen molar-refractivity contribution >= 4 is 0 Å². The first-order valence-electron chi connectivity index (χ1n) is 4.24. The molecule has 0 radical (unpaired) electrons. The van der Waals surface area contributed by atoms with E-state index in [1.54, 1.807) is 17.1 Å². The standard InChI is InChI=1S/C9H13N3O/c1-3-7(4-10)9(13)8-5-12(2)6-11-8/h5-7,9,13H,3H2,1-2H3. The molecular formula is C9H13N3O. The van der Waals surface area contributed by atoms with E-state index in [1.165, 1.54) is 0 Å². The molecule has 0 fully saturated rings. The first-order valence-corrected chi connectivity index (χ1v) is 4.24. The molecule has 70 valence electrons. The van der Waals surface area contributed by atoms with Crippen LogP contribution in [0.3, 0.4) is 0 Å². The van der Waals surface area contributed by atoms with Crippen molar-refractivity contribution in [3.05, 3.63) is 18.2 Å². The Morgan fingerprint density at radius 3 is 2.85 bits per heavy atom. The third kappa shape index (κ3) is 2.07. The SMILES string of the molecule is CCC(C#N)C(O)c1cn(C)cn1. The second kappa shape index (κ2) is 4.06. The summed E-state index contributed by atoms with van der Waals surface area (Å²) in [5, 5.41) is 18.4.